The fraction of sp³-hybridized carbons (Fsp3) is 0.408. The van der Waals surface area contributed by atoms with Gasteiger partial charge in [0.05, 0.1) is 51.4 Å². The smallest absolute Gasteiger partial charge is 0.293 e. The van der Waals surface area contributed by atoms with E-state index in [0.29, 0.717) is 104 Å². The fourth-order valence-corrected chi connectivity index (χ4v) is 8.61. The lowest BCUT2D eigenvalue weighted by Gasteiger charge is -2.32. The van der Waals surface area contributed by atoms with E-state index in [0.717, 1.165) is 42.6 Å². The summed E-state index contributed by atoms with van der Waals surface area (Å²) >= 11 is 6.56. The third-order valence-corrected chi connectivity index (χ3v) is 12.4. The lowest BCUT2D eigenvalue weighted by molar-refractivity contribution is -0.137. The van der Waals surface area contributed by atoms with Crippen LogP contribution in [0.2, 0.25) is 5.02 Å². The minimum absolute atomic E-state index is 0.0708. The molecule has 2 saturated heterocycles. The Morgan fingerprint density at radius 3 is 2.25 bits per heavy atom. The first kappa shape index (κ1) is 48.6. The summed E-state index contributed by atoms with van der Waals surface area (Å²) in [7, 11) is 3.15. The number of amides is 4. The zero-order chi connectivity index (χ0) is 48.3. The van der Waals surface area contributed by atoms with Crippen LogP contribution in [0.25, 0.3) is 10.9 Å². The number of pyridine rings is 1. The molecule has 0 spiro atoms. The first-order valence-corrected chi connectivity index (χ1v) is 23.3. The van der Waals surface area contributed by atoms with Crippen molar-refractivity contribution < 1.29 is 47.6 Å². The van der Waals surface area contributed by atoms with Crippen LogP contribution in [0.3, 0.4) is 0 Å². The number of anilines is 3. The summed E-state index contributed by atoms with van der Waals surface area (Å²) in [4.78, 5) is 74.2. The van der Waals surface area contributed by atoms with Crippen LogP contribution in [0.1, 0.15) is 53.1 Å². The molecule has 8 rings (SSSR count). The number of aromatic nitrogens is 3. The molecule has 3 aliphatic rings. The largest absolute Gasteiger partial charge is 0.491 e. The number of halogens is 1. The SMILES string of the molecule is CNC(=O)COc1cc2cc(Nc3nc(N4CCC(c5cccc(OCCOCCOCCOCCOc6ccc7c(c6)CN(C6CCC(=O)NC6=O)C7=O)c5)CC4)ncc3Cl)ccc2n(C)c1=O. The van der Waals surface area contributed by atoms with E-state index in [1.807, 2.05) is 30.3 Å². The van der Waals surface area contributed by atoms with E-state index in [1.54, 1.807) is 37.5 Å². The minimum Gasteiger partial charge on any atom is -0.491 e. The number of benzene rings is 3. The molecule has 0 bridgehead atoms. The van der Waals surface area contributed by atoms with Crippen molar-refractivity contribution in [1.82, 2.24) is 30.1 Å². The Labute approximate surface area is 403 Å². The van der Waals surface area contributed by atoms with Crippen LogP contribution in [0, 0.1) is 0 Å². The summed E-state index contributed by atoms with van der Waals surface area (Å²) < 4.78 is 35.8. The second kappa shape index (κ2) is 23.0. The monoisotopic (exact) mass is 966 g/mol. The van der Waals surface area contributed by atoms with Gasteiger partial charge in [0.15, 0.2) is 18.2 Å². The van der Waals surface area contributed by atoms with Crippen molar-refractivity contribution in [3.05, 3.63) is 105 Å². The van der Waals surface area contributed by atoms with Gasteiger partial charge in [0.25, 0.3) is 17.4 Å². The molecule has 5 aromatic rings. The molecule has 1 unspecified atom stereocenters. The second-order valence-electron chi connectivity index (χ2n) is 16.7. The first-order valence-electron chi connectivity index (χ1n) is 22.9. The van der Waals surface area contributed by atoms with Crippen molar-refractivity contribution >= 4 is 63.6 Å². The number of imide groups is 1. The van der Waals surface area contributed by atoms with Gasteiger partial charge in [0.2, 0.25) is 17.8 Å². The maximum Gasteiger partial charge on any atom is 0.293 e. The first-order chi connectivity index (χ1) is 33.5. The Bertz CT molecular complexity index is 2730. The predicted molar refractivity (Wildman–Crippen MR) is 256 cm³/mol. The summed E-state index contributed by atoms with van der Waals surface area (Å²) in [6, 6.07) is 19.9. The highest BCUT2D eigenvalue weighted by Gasteiger charge is 2.39. The van der Waals surface area contributed by atoms with Gasteiger partial charge >= 0.3 is 0 Å². The number of hydrogen-bond acceptors (Lipinski definition) is 15. The molecule has 2 fully saturated rings. The average molecular weight is 967 g/mol. The molecule has 5 heterocycles. The van der Waals surface area contributed by atoms with Gasteiger partial charge in [-0.05, 0) is 90.9 Å². The highest BCUT2D eigenvalue weighted by molar-refractivity contribution is 6.33. The van der Waals surface area contributed by atoms with Gasteiger partial charge < -0.3 is 53.4 Å². The van der Waals surface area contributed by atoms with Crippen molar-refractivity contribution in [3.63, 3.8) is 0 Å². The normalized spacial score (nSPS) is 16.1. The van der Waals surface area contributed by atoms with Crippen LogP contribution >= 0.6 is 11.6 Å². The molecule has 3 aromatic carbocycles. The summed E-state index contributed by atoms with van der Waals surface area (Å²) in [6.45, 7) is 4.69. The van der Waals surface area contributed by atoms with E-state index in [9.17, 15) is 24.0 Å². The maximum absolute atomic E-state index is 12.9. The number of piperidine rings is 2. The third kappa shape index (κ3) is 12.3. The number of likely N-dealkylation sites (N-methyl/N-ethyl adjacent to an activating group) is 1. The minimum atomic E-state index is -0.655. The molecule has 1 atom stereocenters. The highest BCUT2D eigenvalue weighted by Crippen LogP contribution is 2.34. The van der Waals surface area contributed by atoms with E-state index >= 15 is 0 Å². The lowest BCUT2D eigenvalue weighted by Crippen LogP contribution is -2.52. The number of rotatable bonds is 22. The van der Waals surface area contributed by atoms with E-state index in [2.05, 4.69) is 38.0 Å². The number of nitrogens with zero attached hydrogens (tertiary/aromatic N) is 5. The number of carbonyl (C=O) groups excluding carboxylic acids is 4. The van der Waals surface area contributed by atoms with Gasteiger partial charge in [0, 0.05) is 56.8 Å². The van der Waals surface area contributed by atoms with Crippen molar-refractivity contribution in [3.8, 4) is 17.2 Å². The Kier molecular flexibility index (Phi) is 16.2. The van der Waals surface area contributed by atoms with Crippen LogP contribution in [-0.2, 0) is 42.2 Å². The number of aryl methyl sites for hydroxylation is 1. The summed E-state index contributed by atoms with van der Waals surface area (Å²) in [5, 5.41) is 9.19. The van der Waals surface area contributed by atoms with E-state index in [1.165, 1.54) is 22.1 Å². The predicted octanol–water partition coefficient (Wildman–Crippen LogP) is 4.50. The Morgan fingerprint density at radius 1 is 0.826 bits per heavy atom. The summed E-state index contributed by atoms with van der Waals surface area (Å²) in [5.74, 6) is 1.53. The van der Waals surface area contributed by atoms with Gasteiger partial charge in [-0.2, -0.15) is 4.98 Å². The molecule has 0 aliphatic carbocycles. The van der Waals surface area contributed by atoms with Crippen LogP contribution < -0.4 is 40.6 Å². The Hall–Kier alpha value is -6.80. The van der Waals surface area contributed by atoms with Crippen molar-refractivity contribution in [2.24, 2.45) is 7.05 Å². The molecule has 364 valence electrons. The van der Waals surface area contributed by atoms with Crippen molar-refractivity contribution in [2.75, 3.05) is 89.8 Å². The van der Waals surface area contributed by atoms with E-state index in [4.69, 9.17) is 45.0 Å². The molecule has 0 saturated carbocycles. The summed E-state index contributed by atoms with van der Waals surface area (Å²) in [5.41, 5.74) is 3.58. The molecule has 3 N–H and O–H groups in total. The highest BCUT2D eigenvalue weighted by atomic mass is 35.5. The van der Waals surface area contributed by atoms with Crippen LogP contribution in [0.4, 0.5) is 17.5 Å². The average Bonchev–Trinajstić information content (AvgIpc) is 3.68. The van der Waals surface area contributed by atoms with Gasteiger partial charge in [-0.25, -0.2) is 4.98 Å². The quantitative estimate of drug-likeness (QED) is 0.0644. The number of nitrogens with one attached hydrogen (secondary N) is 3. The molecule has 20 heteroatoms. The molecule has 2 aromatic heterocycles. The lowest BCUT2D eigenvalue weighted by atomic mass is 9.89. The maximum atomic E-state index is 12.9. The topological polar surface area (TPSA) is 214 Å². The number of carbonyl (C=O) groups is 4. The van der Waals surface area contributed by atoms with Crippen LogP contribution in [0.15, 0.2) is 77.7 Å². The van der Waals surface area contributed by atoms with Gasteiger partial charge in [-0.1, -0.05) is 23.7 Å². The van der Waals surface area contributed by atoms with E-state index in [-0.39, 0.29) is 48.6 Å². The Morgan fingerprint density at radius 2 is 1.54 bits per heavy atom. The molecule has 0 radical (unpaired) electrons. The molecular weight excluding hydrogens is 912 g/mol. The number of hydrogen-bond donors (Lipinski definition) is 3. The molecule has 4 amide bonds. The van der Waals surface area contributed by atoms with Crippen LogP contribution in [-0.4, -0.2) is 129 Å². The Balaban J connectivity index is 0.691. The van der Waals surface area contributed by atoms with Gasteiger partial charge in [0.1, 0.15) is 35.8 Å². The molecular formula is C49H55ClN8O11. The van der Waals surface area contributed by atoms with Gasteiger partial charge in [-0.15, -0.1) is 0 Å². The van der Waals surface area contributed by atoms with E-state index < -0.39 is 11.9 Å². The number of ether oxygens (including phenoxy) is 6. The molecule has 69 heavy (non-hydrogen) atoms. The third-order valence-electron chi connectivity index (χ3n) is 12.2. The standard InChI is InChI=1S/C49H55ClN8O11/c1-51-44(60)30-69-42-27-33-24-35(6-9-40(33)56(2)48(42)63)53-45-39(50)28-52-49(55-45)57-14-12-31(13-15-57)32-4-3-5-36(25-32)67-22-20-65-18-16-64-17-19-66-21-23-68-37-7-8-38-34(26-37)29-58(47(38)62)41-10-11-43(59)54-46(41)61/h3-9,24-28,31,41H,10-23,29-30H2,1-2H3,(H,51,60)(H,52,53,55)(H,54,59,61). The van der Waals surface area contributed by atoms with Crippen LogP contribution in [0.5, 0.6) is 17.2 Å². The zero-order valence-corrected chi connectivity index (χ0v) is 39.3. The zero-order valence-electron chi connectivity index (χ0n) is 38.5. The second-order valence-corrected chi connectivity index (χ2v) is 17.1. The summed E-state index contributed by atoms with van der Waals surface area (Å²) in [6.07, 6.45) is 3.93. The number of fused-ring (bicyclic) bond motifs is 2. The van der Waals surface area contributed by atoms with Crippen molar-refractivity contribution in [1.29, 1.82) is 0 Å². The fourth-order valence-electron chi connectivity index (χ4n) is 8.47. The molecule has 19 nitrogen and oxygen atoms in total. The molecule has 3 aliphatic heterocycles. The van der Waals surface area contributed by atoms with Gasteiger partial charge in [-0.3, -0.25) is 29.3 Å². The van der Waals surface area contributed by atoms with Crippen molar-refractivity contribution in [2.45, 2.75) is 44.2 Å².